The lowest BCUT2D eigenvalue weighted by molar-refractivity contribution is -0.0512. The maximum atomic E-state index is 13.4. The molecule has 0 unspecified atom stereocenters. The van der Waals surface area contributed by atoms with Crippen LogP contribution < -0.4 is 0 Å². The summed E-state index contributed by atoms with van der Waals surface area (Å²) in [5.41, 5.74) is 1.22. The van der Waals surface area contributed by atoms with Gasteiger partial charge in [0, 0.05) is 0 Å². The topological polar surface area (TPSA) is 18.5 Å². The standard InChI is InChI=1S/C25H36ClFO2/c26-23-17-22(12-13-24(23)27)21-10-7-20(8-11-21)6-3-18-1-4-19(5-2-18)9-14-25-28-15-16-29-25/h12-13,17-21,25H,1-11,14-16H2/t18-,19-,20-,21-. The van der Waals surface area contributed by atoms with Crippen LogP contribution in [0.3, 0.4) is 0 Å². The average Bonchev–Trinajstić information content (AvgIpc) is 3.28. The summed E-state index contributed by atoms with van der Waals surface area (Å²) in [6.45, 7) is 1.55. The Morgan fingerprint density at radius 2 is 1.28 bits per heavy atom. The summed E-state index contributed by atoms with van der Waals surface area (Å²) in [4.78, 5) is 0. The fourth-order valence-corrected chi connectivity index (χ4v) is 5.97. The molecule has 0 radical (unpaired) electrons. The fourth-order valence-electron chi connectivity index (χ4n) is 5.78. The van der Waals surface area contributed by atoms with Crippen LogP contribution in [0.2, 0.25) is 5.02 Å². The third-order valence-electron chi connectivity index (χ3n) is 7.71. The van der Waals surface area contributed by atoms with Crippen molar-refractivity contribution in [1.82, 2.24) is 0 Å². The van der Waals surface area contributed by atoms with Crippen molar-refractivity contribution < 1.29 is 13.9 Å². The Balaban J connectivity index is 1.11. The van der Waals surface area contributed by atoms with Crippen molar-refractivity contribution in [2.75, 3.05) is 13.2 Å². The van der Waals surface area contributed by atoms with Gasteiger partial charge in [0.15, 0.2) is 6.29 Å². The normalized spacial score (nSPS) is 31.2. The maximum absolute atomic E-state index is 13.4. The molecule has 4 heteroatoms. The van der Waals surface area contributed by atoms with E-state index in [9.17, 15) is 4.39 Å². The molecule has 0 spiro atoms. The molecule has 1 heterocycles. The average molecular weight is 423 g/mol. The van der Waals surface area contributed by atoms with E-state index in [1.54, 1.807) is 0 Å². The first-order valence-electron chi connectivity index (χ1n) is 11.9. The third kappa shape index (κ3) is 6.18. The summed E-state index contributed by atoms with van der Waals surface area (Å²) < 4.78 is 24.5. The van der Waals surface area contributed by atoms with Crippen molar-refractivity contribution in [1.29, 1.82) is 0 Å². The SMILES string of the molecule is Fc1ccc([C@H]2CC[C@H](CC[C@H]3CC[C@H](CCC4OCCO4)CC3)CC2)cc1Cl. The zero-order valence-electron chi connectivity index (χ0n) is 17.6. The Kier molecular flexibility index (Phi) is 7.89. The first-order chi connectivity index (χ1) is 14.2. The van der Waals surface area contributed by atoms with Gasteiger partial charge in [-0.3, -0.25) is 0 Å². The number of halogens is 2. The number of rotatable bonds is 7. The van der Waals surface area contributed by atoms with Crippen LogP contribution in [0, 0.1) is 23.6 Å². The molecule has 3 aliphatic rings. The summed E-state index contributed by atoms with van der Waals surface area (Å²) in [7, 11) is 0. The van der Waals surface area contributed by atoms with Crippen LogP contribution in [0.4, 0.5) is 4.39 Å². The Morgan fingerprint density at radius 1 is 0.759 bits per heavy atom. The molecule has 1 aromatic carbocycles. The van der Waals surface area contributed by atoms with Gasteiger partial charge in [0.25, 0.3) is 0 Å². The summed E-state index contributed by atoms with van der Waals surface area (Å²) in [6, 6.07) is 5.29. The van der Waals surface area contributed by atoms with E-state index in [1.807, 2.05) is 12.1 Å². The lowest BCUT2D eigenvalue weighted by Gasteiger charge is -2.32. The highest BCUT2D eigenvalue weighted by atomic mass is 35.5. The van der Waals surface area contributed by atoms with Crippen molar-refractivity contribution in [2.45, 2.75) is 89.3 Å². The Morgan fingerprint density at radius 3 is 1.83 bits per heavy atom. The summed E-state index contributed by atoms with van der Waals surface area (Å²) in [5.74, 6) is 2.97. The quantitative estimate of drug-likeness (QED) is 0.453. The van der Waals surface area contributed by atoms with Crippen molar-refractivity contribution in [3.63, 3.8) is 0 Å². The first kappa shape index (κ1) is 21.6. The fraction of sp³-hybridized carbons (Fsp3) is 0.760. The number of ether oxygens (including phenoxy) is 2. The van der Waals surface area contributed by atoms with Gasteiger partial charge in [0.2, 0.25) is 0 Å². The van der Waals surface area contributed by atoms with E-state index in [2.05, 4.69) is 0 Å². The van der Waals surface area contributed by atoms with E-state index in [0.717, 1.165) is 37.4 Å². The van der Waals surface area contributed by atoms with E-state index in [1.165, 1.54) is 82.3 Å². The molecule has 0 atom stereocenters. The molecule has 2 nitrogen and oxygen atoms in total. The van der Waals surface area contributed by atoms with E-state index in [0.29, 0.717) is 5.92 Å². The molecule has 0 amide bonds. The second-order valence-corrected chi connectivity index (χ2v) is 10.0. The number of hydrogen-bond acceptors (Lipinski definition) is 2. The molecular formula is C25H36ClFO2. The first-order valence-corrected chi connectivity index (χ1v) is 12.2. The molecule has 0 aromatic heterocycles. The smallest absolute Gasteiger partial charge is 0.157 e. The van der Waals surface area contributed by atoms with Crippen LogP contribution in [0.1, 0.15) is 88.5 Å². The second kappa shape index (κ2) is 10.6. The van der Waals surface area contributed by atoms with Crippen molar-refractivity contribution in [3.8, 4) is 0 Å². The molecule has 3 fully saturated rings. The van der Waals surface area contributed by atoms with Gasteiger partial charge in [-0.25, -0.2) is 4.39 Å². The highest BCUT2D eigenvalue weighted by Crippen LogP contribution is 2.41. The molecule has 1 aromatic rings. The van der Waals surface area contributed by atoms with Gasteiger partial charge in [-0.15, -0.1) is 0 Å². The van der Waals surface area contributed by atoms with E-state index < -0.39 is 0 Å². The number of benzene rings is 1. The molecule has 29 heavy (non-hydrogen) atoms. The van der Waals surface area contributed by atoms with Crippen LogP contribution in [0.25, 0.3) is 0 Å². The van der Waals surface area contributed by atoms with Crippen LogP contribution in [0.15, 0.2) is 18.2 Å². The molecule has 162 valence electrons. The summed E-state index contributed by atoms with van der Waals surface area (Å²) in [6.07, 6.45) is 16.0. The van der Waals surface area contributed by atoms with Crippen molar-refractivity contribution >= 4 is 11.6 Å². The van der Waals surface area contributed by atoms with E-state index >= 15 is 0 Å². The lowest BCUT2D eigenvalue weighted by Crippen LogP contribution is -2.19. The third-order valence-corrected chi connectivity index (χ3v) is 8.00. The van der Waals surface area contributed by atoms with Crippen LogP contribution in [0.5, 0.6) is 0 Å². The van der Waals surface area contributed by atoms with Crippen LogP contribution in [-0.2, 0) is 9.47 Å². The summed E-state index contributed by atoms with van der Waals surface area (Å²) >= 11 is 5.97. The lowest BCUT2D eigenvalue weighted by atomic mass is 9.74. The van der Waals surface area contributed by atoms with Gasteiger partial charge in [-0.2, -0.15) is 0 Å². The zero-order chi connectivity index (χ0) is 20.1. The molecule has 2 aliphatic carbocycles. The highest BCUT2D eigenvalue weighted by Gasteiger charge is 2.26. The maximum Gasteiger partial charge on any atom is 0.157 e. The van der Waals surface area contributed by atoms with Gasteiger partial charge in [-0.05, 0) is 79.9 Å². The monoisotopic (exact) mass is 422 g/mol. The second-order valence-electron chi connectivity index (χ2n) is 9.60. The Bertz CT molecular complexity index is 630. The molecular weight excluding hydrogens is 387 g/mol. The van der Waals surface area contributed by atoms with Crippen molar-refractivity contribution in [3.05, 3.63) is 34.6 Å². The minimum Gasteiger partial charge on any atom is -0.350 e. The highest BCUT2D eigenvalue weighted by molar-refractivity contribution is 6.30. The molecule has 2 saturated carbocycles. The summed E-state index contributed by atoms with van der Waals surface area (Å²) in [5, 5.41) is 0.267. The van der Waals surface area contributed by atoms with Gasteiger partial charge in [0.1, 0.15) is 5.82 Å². The van der Waals surface area contributed by atoms with Crippen molar-refractivity contribution in [2.24, 2.45) is 17.8 Å². The zero-order valence-corrected chi connectivity index (χ0v) is 18.3. The van der Waals surface area contributed by atoms with Gasteiger partial charge in [0.05, 0.1) is 18.2 Å². The number of hydrogen-bond donors (Lipinski definition) is 0. The largest absolute Gasteiger partial charge is 0.350 e. The predicted octanol–water partition coefficient (Wildman–Crippen LogP) is 7.49. The van der Waals surface area contributed by atoms with E-state index in [4.69, 9.17) is 21.1 Å². The molecule has 4 rings (SSSR count). The van der Waals surface area contributed by atoms with Crippen LogP contribution in [-0.4, -0.2) is 19.5 Å². The Hall–Kier alpha value is -0.640. The minimum absolute atomic E-state index is 0.0776. The van der Waals surface area contributed by atoms with Gasteiger partial charge >= 0.3 is 0 Å². The predicted molar refractivity (Wildman–Crippen MR) is 116 cm³/mol. The van der Waals surface area contributed by atoms with Gasteiger partial charge < -0.3 is 9.47 Å². The molecule has 1 saturated heterocycles. The Labute approximate surface area is 180 Å². The molecule has 0 N–H and O–H groups in total. The van der Waals surface area contributed by atoms with E-state index in [-0.39, 0.29) is 17.1 Å². The molecule has 1 aliphatic heterocycles. The minimum atomic E-state index is -0.306. The van der Waals surface area contributed by atoms with Gasteiger partial charge in [-0.1, -0.05) is 56.2 Å². The molecule has 0 bridgehead atoms. The van der Waals surface area contributed by atoms with Crippen LogP contribution >= 0.6 is 11.6 Å².